The summed E-state index contributed by atoms with van der Waals surface area (Å²) in [6.07, 6.45) is 0.540. The van der Waals surface area contributed by atoms with Crippen molar-refractivity contribution in [1.82, 2.24) is 4.98 Å². The summed E-state index contributed by atoms with van der Waals surface area (Å²) in [5.41, 5.74) is 0.227. The minimum atomic E-state index is -0.885. The summed E-state index contributed by atoms with van der Waals surface area (Å²) in [5, 5.41) is 13.4. The zero-order chi connectivity index (χ0) is 14.7. The molecule has 0 radical (unpaired) electrons. The van der Waals surface area contributed by atoms with Gasteiger partial charge >= 0.3 is 0 Å². The third kappa shape index (κ3) is 5.18. The lowest BCUT2D eigenvalue weighted by Gasteiger charge is -2.26. The first-order valence-corrected chi connectivity index (χ1v) is 7.29. The van der Waals surface area contributed by atoms with Crippen molar-refractivity contribution in [2.75, 3.05) is 14.2 Å². The molecule has 1 N–H and O–H groups in total. The van der Waals surface area contributed by atoms with Crippen LogP contribution in [-0.2, 0) is 21.3 Å². The molecule has 4 nitrogen and oxygen atoms in total. The standard InChI is InChI=1S/C14H25NO3S/c1-13(2,3)10-9-19-11(15-10)7-14(4,16)8-12(17-5)18-6/h9,12,16H,7-8H2,1-6H3. The van der Waals surface area contributed by atoms with Crippen LogP contribution in [-0.4, -0.2) is 36.2 Å². The van der Waals surface area contributed by atoms with E-state index in [0.29, 0.717) is 12.8 Å². The third-order valence-electron chi connectivity index (χ3n) is 2.98. The van der Waals surface area contributed by atoms with E-state index in [1.165, 1.54) is 0 Å². The molecule has 0 aliphatic heterocycles. The molecule has 19 heavy (non-hydrogen) atoms. The van der Waals surface area contributed by atoms with Crippen molar-refractivity contribution >= 4 is 11.3 Å². The van der Waals surface area contributed by atoms with E-state index in [9.17, 15) is 5.11 Å². The highest BCUT2D eigenvalue weighted by Crippen LogP contribution is 2.27. The van der Waals surface area contributed by atoms with E-state index < -0.39 is 11.9 Å². The Morgan fingerprint density at radius 1 is 1.26 bits per heavy atom. The Kier molecular flexibility index (Phi) is 5.50. The first kappa shape index (κ1) is 16.6. The normalized spacial score (nSPS) is 15.8. The number of aliphatic hydroxyl groups is 1. The number of hydrogen-bond acceptors (Lipinski definition) is 5. The summed E-state index contributed by atoms with van der Waals surface area (Å²) in [7, 11) is 3.15. The first-order chi connectivity index (χ1) is 8.68. The number of nitrogens with zero attached hydrogens (tertiary/aromatic N) is 1. The fourth-order valence-corrected chi connectivity index (χ4v) is 2.96. The van der Waals surface area contributed by atoms with Crippen LogP contribution in [0.4, 0.5) is 0 Å². The Balaban J connectivity index is 2.70. The van der Waals surface area contributed by atoms with Crippen molar-refractivity contribution < 1.29 is 14.6 Å². The van der Waals surface area contributed by atoms with Gasteiger partial charge in [-0.1, -0.05) is 20.8 Å². The largest absolute Gasteiger partial charge is 0.390 e. The van der Waals surface area contributed by atoms with Crippen LogP contribution in [0.5, 0.6) is 0 Å². The van der Waals surface area contributed by atoms with E-state index in [4.69, 9.17) is 9.47 Å². The van der Waals surface area contributed by atoms with E-state index in [0.717, 1.165) is 10.7 Å². The summed E-state index contributed by atoms with van der Waals surface area (Å²) in [6.45, 7) is 8.19. The maximum absolute atomic E-state index is 10.4. The van der Waals surface area contributed by atoms with Gasteiger partial charge in [0.15, 0.2) is 6.29 Å². The number of aromatic nitrogens is 1. The van der Waals surface area contributed by atoms with Crippen LogP contribution < -0.4 is 0 Å². The molecule has 0 spiro atoms. The molecule has 1 rings (SSSR count). The summed E-state index contributed by atoms with van der Waals surface area (Å²) in [6, 6.07) is 0. The number of thiazole rings is 1. The summed E-state index contributed by atoms with van der Waals surface area (Å²) < 4.78 is 10.3. The number of methoxy groups -OCH3 is 2. The molecule has 1 aromatic heterocycles. The lowest BCUT2D eigenvalue weighted by molar-refractivity contribution is -0.139. The molecule has 5 heteroatoms. The molecule has 1 heterocycles. The highest BCUT2D eigenvalue weighted by atomic mass is 32.1. The molecule has 110 valence electrons. The molecule has 1 unspecified atom stereocenters. The number of ether oxygens (including phenoxy) is 2. The predicted molar refractivity (Wildman–Crippen MR) is 77.6 cm³/mol. The van der Waals surface area contributed by atoms with Gasteiger partial charge in [-0.3, -0.25) is 0 Å². The van der Waals surface area contributed by atoms with Crippen LogP contribution in [0.1, 0.15) is 44.8 Å². The molecule has 0 bridgehead atoms. The molecule has 0 saturated carbocycles. The van der Waals surface area contributed by atoms with Gasteiger partial charge < -0.3 is 14.6 Å². The zero-order valence-corrected chi connectivity index (χ0v) is 13.5. The van der Waals surface area contributed by atoms with Crippen molar-refractivity contribution in [2.24, 2.45) is 0 Å². The van der Waals surface area contributed by atoms with Crippen molar-refractivity contribution in [2.45, 2.75) is 57.8 Å². The Labute approximate surface area is 119 Å². The van der Waals surface area contributed by atoms with Gasteiger partial charge in [0, 0.05) is 37.9 Å². The van der Waals surface area contributed by atoms with Crippen LogP contribution in [0.2, 0.25) is 0 Å². The van der Waals surface area contributed by atoms with E-state index in [2.05, 4.69) is 31.1 Å². The van der Waals surface area contributed by atoms with Crippen LogP contribution in [0.15, 0.2) is 5.38 Å². The highest BCUT2D eigenvalue weighted by molar-refractivity contribution is 7.09. The van der Waals surface area contributed by atoms with E-state index in [1.54, 1.807) is 32.5 Å². The lowest BCUT2D eigenvalue weighted by Crippen LogP contribution is -2.34. The maximum atomic E-state index is 10.4. The van der Waals surface area contributed by atoms with E-state index in [1.807, 2.05) is 0 Å². The second kappa shape index (κ2) is 6.31. The maximum Gasteiger partial charge on any atom is 0.159 e. The van der Waals surface area contributed by atoms with Crippen molar-refractivity contribution in [3.8, 4) is 0 Å². The fraction of sp³-hybridized carbons (Fsp3) is 0.786. The summed E-state index contributed by atoms with van der Waals surface area (Å²) in [4.78, 5) is 4.60. The molecular weight excluding hydrogens is 262 g/mol. The average molecular weight is 287 g/mol. The fourth-order valence-electron chi connectivity index (χ4n) is 1.76. The van der Waals surface area contributed by atoms with E-state index in [-0.39, 0.29) is 5.41 Å². The van der Waals surface area contributed by atoms with Gasteiger partial charge in [-0.15, -0.1) is 11.3 Å². The van der Waals surface area contributed by atoms with Crippen LogP contribution in [0.25, 0.3) is 0 Å². The van der Waals surface area contributed by atoms with Gasteiger partial charge in [0.05, 0.1) is 16.3 Å². The van der Waals surface area contributed by atoms with Crippen molar-refractivity contribution in [3.63, 3.8) is 0 Å². The highest BCUT2D eigenvalue weighted by Gasteiger charge is 2.28. The molecule has 1 atom stereocenters. The van der Waals surface area contributed by atoms with Crippen LogP contribution in [0.3, 0.4) is 0 Å². The third-order valence-corrected chi connectivity index (χ3v) is 3.83. The summed E-state index contributed by atoms with van der Waals surface area (Å²) in [5.74, 6) is 0. The molecular formula is C14H25NO3S. The topological polar surface area (TPSA) is 51.6 Å². The van der Waals surface area contributed by atoms with Crippen LogP contribution in [0, 0.1) is 0 Å². The van der Waals surface area contributed by atoms with Crippen LogP contribution >= 0.6 is 11.3 Å². The quantitative estimate of drug-likeness (QED) is 0.817. The molecule has 0 aromatic carbocycles. The second-order valence-electron chi connectivity index (χ2n) is 6.16. The van der Waals surface area contributed by atoms with Gasteiger partial charge in [0.1, 0.15) is 0 Å². The first-order valence-electron chi connectivity index (χ1n) is 6.41. The summed E-state index contributed by atoms with van der Waals surface area (Å²) >= 11 is 1.59. The molecule has 0 fully saturated rings. The monoisotopic (exact) mass is 287 g/mol. The van der Waals surface area contributed by atoms with Gasteiger partial charge in [0.2, 0.25) is 0 Å². The minimum absolute atomic E-state index is 0.0439. The number of hydrogen-bond donors (Lipinski definition) is 1. The SMILES string of the molecule is COC(CC(C)(O)Cc1nc(C(C)(C)C)cs1)OC. The van der Waals surface area contributed by atoms with Crippen molar-refractivity contribution in [3.05, 3.63) is 16.1 Å². The minimum Gasteiger partial charge on any atom is -0.390 e. The smallest absolute Gasteiger partial charge is 0.159 e. The Morgan fingerprint density at radius 3 is 2.26 bits per heavy atom. The van der Waals surface area contributed by atoms with Gasteiger partial charge in [0.25, 0.3) is 0 Å². The van der Waals surface area contributed by atoms with Gasteiger partial charge in [-0.05, 0) is 6.92 Å². The second-order valence-corrected chi connectivity index (χ2v) is 7.10. The van der Waals surface area contributed by atoms with Gasteiger partial charge in [-0.25, -0.2) is 4.98 Å². The molecule has 0 saturated heterocycles. The van der Waals surface area contributed by atoms with Crippen molar-refractivity contribution in [1.29, 1.82) is 0 Å². The Hall–Kier alpha value is -0.490. The van der Waals surface area contributed by atoms with Gasteiger partial charge in [-0.2, -0.15) is 0 Å². The molecule has 0 amide bonds. The predicted octanol–water partition coefficient (Wildman–Crippen LogP) is 2.74. The Morgan fingerprint density at radius 2 is 1.84 bits per heavy atom. The van der Waals surface area contributed by atoms with E-state index >= 15 is 0 Å². The molecule has 0 aliphatic rings. The lowest BCUT2D eigenvalue weighted by atomic mass is 9.93. The zero-order valence-electron chi connectivity index (χ0n) is 12.7. The molecule has 0 aliphatic carbocycles. The number of rotatable bonds is 6. The molecule has 1 aromatic rings. The Bertz CT molecular complexity index is 392. The average Bonchev–Trinajstić information content (AvgIpc) is 2.73.